The van der Waals surface area contributed by atoms with Gasteiger partial charge in [-0.25, -0.2) is 0 Å². The van der Waals surface area contributed by atoms with Gasteiger partial charge in [-0.05, 0) is 0 Å². The van der Waals surface area contributed by atoms with E-state index in [4.69, 9.17) is 17.8 Å². The minimum absolute atomic E-state index is 0.0362. The summed E-state index contributed by atoms with van der Waals surface area (Å²) in [6.45, 7) is 24.1. The summed E-state index contributed by atoms with van der Waals surface area (Å²) in [6, 6.07) is 16.7. The third-order valence-corrected chi connectivity index (χ3v) is 22.5. The fourth-order valence-electron chi connectivity index (χ4n) is 5.89. The van der Waals surface area contributed by atoms with Gasteiger partial charge in [0.05, 0.1) is 0 Å². The van der Waals surface area contributed by atoms with Crippen LogP contribution in [0.25, 0.3) is 11.1 Å². The Morgan fingerprint density at radius 3 is 1.48 bits per heavy atom. The fraction of sp³-hybridized carbons (Fsp3) is 0.429. The molecule has 0 saturated heterocycles. The van der Waals surface area contributed by atoms with Crippen LogP contribution in [0.4, 0.5) is 0 Å². The topological polar surface area (TPSA) is 0 Å². The molecule has 0 spiro atoms. The van der Waals surface area contributed by atoms with Crippen molar-refractivity contribution in [3.05, 3.63) is 131 Å². The van der Waals surface area contributed by atoms with Gasteiger partial charge < -0.3 is 0 Å². The Morgan fingerprint density at radius 1 is 0.593 bits per heavy atom. The zero-order chi connectivity index (χ0) is 51.7. The Balaban J connectivity index is 0.000000231. The summed E-state index contributed by atoms with van der Waals surface area (Å²) in [5, 5.41) is 0. The van der Waals surface area contributed by atoms with Crippen LogP contribution in [0.3, 0.4) is 0 Å². The van der Waals surface area contributed by atoms with E-state index in [0.717, 1.165) is 33.0 Å². The van der Waals surface area contributed by atoms with Gasteiger partial charge in [0.15, 0.2) is 0 Å². The van der Waals surface area contributed by atoms with Crippen molar-refractivity contribution in [2.75, 3.05) is 0 Å². The van der Waals surface area contributed by atoms with Crippen LogP contribution in [-0.2, 0) is 19.2 Å². The monoisotopic (exact) mass is 1060 g/mol. The molecule has 0 atom stereocenters. The van der Waals surface area contributed by atoms with Crippen molar-refractivity contribution in [3.8, 4) is 11.1 Å². The zero-order valence-corrected chi connectivity index (χ0v) is 44.0. The van der Waals surface area contributed by atoms with Gasteiger partial charge in [-0.2, -0.15) is 0 Å². The van der Waals surface area contributed by atoms with E-state index in [-0.39, 0.29) is 59.6 Å². The zero-order valence-electron chi connectivity index (χ0n) is 48.0. The molecule has 0 nitrogen and oxygen atoms in total. The summed E-state index contributed by atoms with van der Waals surface area (Å²) in [5.74, 6) is 5.07. The standard InChI is InChI=1S/C20H26Ge.C10H16Se.C7H10Se.2C6H8Se/c1-14-8-7-9-18-19(14)16-12-15(13-20(2,3)4)10-11-17(16)21(18,5)6;1-8-5-6-9(11-8)7-10(2,3)4;1-3-7-5-4-6(2)8-7;2*1-5-3-4-6(2)7-5/h7-12H,13H2,1-6H3;5-6H,7H2,1-4H3;4-5H,3H2,1-2H3;2*3-4H,1-2H3/i;5D,6D,7D2;1D3,4D,5D;2*3D,4D. The number of aryl methyl sites for hydroxylation is 8. The molecule has 6 aromatic rings. The van der Waals surface area contributed by atoms with Gasteiger partial charge in [0.1, 0.15) is 0 Å². The van der Waals surface area contributed by atoms with E-state index in [9.17, 15) is 0 Å². The predicted octanol–water partition coefficient (Wildman–Crippen LogP) is 11.4. The molecule has 5 heterocycles. The molecule has 0 N–H and O–H groups in total. The average molecular weight is 1060 g/mol. The first-order valence-electron chi connectivity index (χ1n) is 24.8. The number of fused-ring (bicyclic) bond motifs is 3. The first kappa shape index (κ1) is 31.0. The molecule has 1 aliphatic heterocycles. The van der Waals surface area contributed by atoms with Crippen LogP contribution in [0, 0.1) is 59.3 Å². The molecule has 2 aromatic carbocycles. The molecule has 5 heteroatoms. The molecular weight excluding hydrogens is 977 g/mol. The minimum atomic E-state index is -2.06. The first-order valence-corrected chi connectivity index (χ1v) is 31.4. The van der Waals surface area contributed by atoms with Gasteiger partial charge in [-0.15, -0.1) is 0 Å². The van der Waals surface area contributed by atoms with E-state index < -0.39 is 31.9 Å². The second-order valence-corrected chi connectivity index (χ2v) is 36.7. The SMILES string of the molecule is Cc1ccc[c]2c1-c1cc(CC(C)(C)C)cc[c]1[Ge]2([CH3])[CH3].[2H]c1c(C)[se]c(C([2H])([2H])C(C)(C)C)c1[2H].[2H]c1c(C)[se]c(C)c1[2H].[2H]c1c(C)[se]c(C)c1[2H].[2H]c1c(C)[se]c(CC([2H])([2H])[2H])c1[2H]. The summed E-state index contributed by atoms with van der Waals surface area (Å²) >= 11 is -1.68. The molecule has 7 rings (SSSR count). The fourth-order valence-corrected chi connectivity index (χ4v) is 18.4. The molecule has 0 amide bonds. The summed E-state index contributed by atoms with van der Waals surface area (Å²) in [6.07, 6.45) is -0.380. The Kier molecular flexibility index (Phi) is 12.1. The second-order valence-electron chi connectivity index (χ2n) is 16.3. The van der Waals surface area contributed by atoms with E-state index in [1.165, 1.54) is 16.7 Å². The number of rotatable bonds is 3. The van der Waals surface area contributed by atoms with Gasteiger partial charge in [-0.3, -0.25) is 0 Å². The van der Waals surface area contributed by atoms with Gasteiger partial charge in [-0.1, -0.05) is 0 Å². The molecule has 4 aromatic heterocycles. The van der Waals surface area contributed by atoms with Crippen molar-refractivity contribution in [2.45, 2.75) is 128 Å². The molecule has 292 valence electrons. The summed E-state index contributed by atoms with van der Waals surface area (Å²) in [4.78, 5) is 0. The van der Waals surface area contributed by atoms with Crippen LogP contribution in [0.15, 0.2) is 84.7 Å². The van der Waals surface area contributed by atoms with Crippen LogP contribution in [0.5, 0.6) is 0 Å². The van der Waals surface area contributed by atoms with Crippen molar-refractivity contribution < 1.29 is 17.8 Å². The van der Waals surface area contributed by atoms with Crippen LogP contribution in [0.1, 0.15) is 113 Å². The maximum absolute atomic E-state index is 8.08. The quantitative estimate of drug-likeness (QED) is 0.155. The second kappa shape index (κ2) is 21.1. The maximum atomic E-state index is 8.08. The van der Waals surface area contributed by atoms with E-state index in [1.807, 2.05) is 55.4 Å². The van der Waals surface area contributed by atoms with Crippen molar-refractivity contribution >= 4 is 80.1 Å². The molecule has 0 aliphatic carbocycles. The van der Waals surface area contributed by atoms with Crippen LogP contribution < -0.4 is 8.79 Å². The molecule has 0 saturated carbocycles. The number of benzene rings is 2. The van der Waals surface area contributed by atoms with E-state index in [0.29, 0.717) is 67.5 Å². The Labute approximate surface area is 376 Å². The van der Waals surface area contributed by atoms with Gasteiger partial charge in [0.25, 0.3) is 0 Å². The molecule has 0 radical (unpaired) electrons. The predicted molar refractivity (Wildman–Crippen MR) is 251 cm³/mol. The summed E-state index contributed by atoms with van der Waals surface area (Å²) in [5.41, 5.74) is 5.83. The Bertz CT molecular complexity index is 2570. The molecule has 54 heavy (non-hydrogen) atoms. The number of hydrogen-bond acceptors (Lipinski definition) is 0. The average Bonchev–Trinajstić information content (AvgIpc) is 3.85. The summed E-state index contributed by atoms with van der Waals surface area (Å²) in [7, 11) is 0. The van der Waals surface area contributed by atoms with Gasteiger partial charge in [0, 0.05) is 0 Å². The molecule has 1 aliphatic rings. The Morgan fingerprint density at radius 2 is 1.07 bits per heavy atom. The van der Waals surface area contributed by atoms with Gasteiger partial charge in [0.2, 0.25) is 0 Å². The molecule has 0 bridgehead atoms. The molecular formula is C49H68GeSe4. The normalized spacial score (nSPS) is 16.4. The third-order valence-electron chi connectivity index (χ3n) is 8.06. The van der Waals surface area contributed by atoms with Crippen LogP contribution in [0.2, 0.25) is 11.5 Å². The van der Waals surface area contributed by atoms with Gasteiger partial charge >= 0.3 is 379 Å². The van der Waals surface area contributed by atoms with Crippen LogP contribution >= 0.6 is 0 Å². The Hall–Kier alpha value is -1.02. The van der Waals surface area contributed by atoms with E-state index >= 15 is 0 Å². The molecule has 0 unspecified atom stereocenters. The van der Waals surface area contributed by atoms with E-state index in [2.05, 4.69) is 75.6 Å². The van der Waals surface area contributed by atoms with E-state index in [1.54, 1.807) is 21.3 Å². The van der Waals surface area contributed by atoms with Crippen molar-refractivity contribution in [3.63, 3.8) is 0 Å². The first-order chi connectivity index (χ1) is 30.3. The molecule has 0 fully saturated rings. The van der Waals surface area contributed by atoms with Crippen molar-refractivity contribution in [1.29, 1.82) is 0 Å². The number of hydrogen-bond donors (Lipinski definition) is 0. The van der Waals surface area contributed by atoms with Crippen molar-refractivity contribution in [1.82, 2.24) is 0 Å². The third kappa shape index (κ3) is 15.7. The van der Waals surface area contributed by atoms with Crippen molar-refractivity contribution in [2.24, 2.45) is 10.8 Å². The van der Waals surface area contributed by atoms with Crippen LogP contribution in [-0.4, -0.2) is 71.3 Å². The summed E-state index contributed by atoms with van der Waals surface area (Å²) < 4.78 is 108.